The summed E-state index contributed by atoms with van der Waals surface area (Å²) in [5.41, 5.74) is 0.836. The van der Waals surface area contributed by atoms with Crippen molar-refractivity contribution in [3.63, 3.8) is 0 Å². The maximum absolute atomic E-state index is 12.2. The number of halogens is 1. The van der Waals surface area contributed by atoms with Crippen molar-refractivity contribution < 1.29 is 8.42 Å². The van der Waals surface area contributed by atoms with Gasteiger partial charge < -0.3 is 0 Å². The third-order valence-corrected chi connectivity index (χ3v) is 5.04. The van der Waals surface area contributed by atoms with E-state index in [1.165, 1.54) is 5.41 Å². The van der Waals surface area contributed by atoms with Crippen LogP contribution in [0.4, 0.5) is 0 Å². The Kier molecular flexibility index (Phi) is 5.02. The molecule has 5 heteroatoms. The highest BCUT2D eigenvalue weighted by molar-refractivity contribution is 7.92. The van der Waals surface area contributed by atoms with Crippen LogP contribution in [-0.2, 0) is 10.0 Å². The fourth-order valence-electron chi connectivity index (χ4n) is 2.12. The summed E-state index contributed by atoms with van der Waals surface area (Å²) in [6.07, 6.45) is 5.76. The standard InChI is InChI=1S/C14H18ClNO2S/c15-14-7-5-13(6-8-14)9-12-19(17,18)16-10-3-1-2-4-11-16/h5-9,12H,1-4,10-11H2/b12-9+. The van der Waals surface area contributed by atoms with Crippen LogP contribution >= 0.6 is 11.6 Å². The Morgan fingerprint density at radius 1 is 1.00 bits per heavy atom. The van der Waals surface area contributed by atoms with Gasteiger partial charge in [-0.1, -0.05) is 36.6 Å². The minimum absolute atomic E-state index is 0.632. The van der Waals surface area contributed by atoms with Gasteiger partial charge in [-0.15, -0.1) is 0 Å². The molecule has 1 aliphatic rings. The third-order valence-electron chi connectivity index (χ3n) is 3.23. The first-order valence-electron chi connectivity index (χ1n) is 6.52. The van der Waals surface area contributed by atoms with E-state index >= 15 is 0 Å². The van der Waals surface area contributed by atoms with Crippen LogP contribution in [0.25, 0.3) is 6.08 Å². The van der Waals surface area contributed by atoms with Crippen molar-refractivity contribution in [2.45, 2.75) is 25.7 Å². The molecule has 0 spiro atoms. The number of hydrogen-bond donors (Lipinski definition) is 0. The molecule has 1 aromatic rings. The van der Waals surface area contributed by atoms with Gasteiger partial charge >= 0.3 is 0 Å². The van der Waals surface area contributed by atoms with Crippen molar-refractivity contribution in [1.82, 2.24) is 4.31 Å². The van der Waals surface area contributed by atoms with Crippen LogP contribution < -0.4 is 0 Å². The first kappa shape index (κ1) is 14.6. The summed E-state index contributed by atoms with van der Waals surface area (Å²) in [5, 5.41) is 1.94. The van der Waals surface area contributed by atoms with Gasteiger partial charge in [-0.05, 0) is 36.6 Å². The Morgan fingerprint density at radius 2 is 1.58 bits per heavy atom. The lowest BCUT2D eigenvalue weighted by atomic mass is 10.2. The zero-order chi connectivity index (χ0) is 13.7. The van der Waals surface area contributed by atoms with E-state index in [0.29, 0.717) is 18.1 Å². The second-order valence-electron chi connectivity index (χ2n) is 4.71. The van der Waals surface area contributed by atoms with E-state index in [-0.39, 0.29) is 0 Å². The molecule has 0 N–H and O–H groups in total. The molecule has 1 fully saturated rings. The Labute approximate surface area is 119 Å². The van der Waals surface area contributed by atoms with Crippen molar-refractivity contribution in [3.8, 4) is 0 Å². The van der Waals surface area contributed by atoms with Crippen molar-refractivity contribution in [2.75, 3.05) is 13.1 Å². The maximum atomic E-state index is 12.2. The second-order valence-corrected chi connectivity index (χ2v) is 6.97. The molecule has 0 unspecified atom stereocenters. The van der Waals surface area contributed by atoms with Crippen molar-refractivity contribution in [1.29, 1.82) is 0 Å². The van der Waals surface area contributed by atoms with Gasteiger partial charge in [0.2, 0.25) is 10.0 Å². The summed E-state index contributed by atoms with van der Waals surface area (Å²) in [4.78, 5) is 0. The quantitative estimate of drug-likeness (QED) is 0.856. The predicted octanol–water partition coefficient (Wildman–Crippen LogP) is 3.52. The van der Waals surface area contributed by atoms with Gasteiger partial charge in [-0.3, -0.25) is 0 Å². The molecule has 0 bridgehead atoms. The van der Waals surface area contributed by atoms with Crippen LogP contribution in [0.5, 0.6) is 0 Å². The van der Waals surface area contributed by atoms with Gasteiger partial charge in [0, 0.05) is 23.5 Å². The fraction of sp³-hybridized carbons (Fsp3) is 0.429. The maximum Gasteiger partial charge on any atom is 0.236 e. The van der Waals surface area contributed by atoms with E-state index in [1.807, 2.05) is 0 Å². The van der Waals surface area contributed by atoms with Crippen molar-refractivity contribution in [3.05, 3.63) is 40.3 Å². The second kappa shape index (κ2) is 6.55. The molecule has 1 heterocycles. The SMILES string of the molecule is O=S(=O)(/C=C/c1ccc(Cl)cc1)N1CCCCCC1. The lowest BCUT2D eigenvalue weighted by Crippen LogP contribution is -2.30. The molecule has 2 rings (SSSR count). The van der Waals surface area contributed by atoms with Gasteiger partial charge in [0.1, 0.15) is 0 Å². The Bertz CT molecular complexity index is 529. The molecule has 19 heavy (non-hydrogen) atoms. The van der Waals surface area contributed by atoms with Crippen LogP contribution in [0.2, 0.25) is 5.02 Å². The normalized spacial score (nSPS) is 18.6. The van der Waals surface area contributed by atoms with Crippen molar-refractivity contribution in [2.24, 2.45) is 0 Å². The van der Waals surface area contributed by atoms with Gasteiger partial charge in [-0.2, -0.15) is 4.31 Å². The average molecular weight is 300 g/mol. The highest BCUT2D eigenvalue weighted by Crippen LogP contribution is 2.16. The Balaban J connectivity index is 2.09. The van der Waals surface area contributed by atoms with E-state index < -0.39 is 10.0 Å². The predicted molar refractivity (Wildman–Crippen MR) is 79.4 cm³/mol. The number of rotatable bonds is 3. The van der Waals surface area contributed by atoms with Crippen LogP contribution in [0.15, 0.2) is 29.7 Å². The molecule has 0 aliphatic carbocycles. The zero-order valence-corrected chi connectivity index (χ0v) is 12.3. The molecular weight excluding hydrogens is 282 g/mol. The zero-order valence-electron chi connectivity index (χ0n) is 10.8. The summed E-state index contributed by atoms with van der Waals surface area (Å²) < 4.78 is 26.0. The molecule has 1 aromatic carbocycles. The van der Waals surface area contributed by atoms with Gasteiger partial charge in [-0.25, -0.2) is 8.42 Å². The smallest absolute Gasteiger partial charge is 0.208 e. The minimum Gasteiger partial charge on any atom is -0.208 e. The molecule has 104 valence electrons. The Morgan fingerprint density at radius 3 is 2.16 bits per heavy atom. The first-order chi connectivity index (χ1) is 9.08. The molecule has 3 nitrogen and oxygen atoms in total. The van der Waals surface area contributed by atoms with Crippen LogP contribution in [-0.4, -0.2) is 25.8 Å². The molecule has 0 saturated carbocycles. The van der Waals surface area contributed by atoms with Crippen LogP contribution in [0, 0.1) is 0 Å². The summed E-state index contributed by atoms with van der Waals surface area (Å²) in [7, 11) is -3.30. The molecule has 0 atom stereocenters. The van der Waals surface area contributed by atoms with E-state index in [1.54, 1.807) is 34.6 Å². The molecule has 0 radical (unpaired) electrons. The Hall–Kier alpha value is -0.840. The highest BCUT2D eigenvalue weighted by atomic mass is 35.5. The largest absolute Gasteiger partial charge is 0.236 e. The van der Waals surface area contributed by atoms with Crippen LogP contribution in [0.1, 0.15) is 31.2 Å². The number of hydrogen-bond acceptors (Lipinski definition) is 2. The fourth-order valence-corrected chi connectivity index (χ4v) is 3.52. The number of benzene rings is 1. The van der Waals surface area contributed by atoms with E-state index in [9.17, 15) is 8.42 Å². The van der Waals surface area contributed by atoms with Crippen molar-refractivity contribution >= 4 is 27.7 Å². The monoisotopic (exact) mass is 299 g/mol. The topological polar surface area (TPSA) is 37.4 Å². The molecule has 1 aliphatic heterocycles. The number of nitrogens with zero attached hydrogens (tertiary/aromatic N) is 1. The molecular formula is C14H18ClNO2S. The molecule has 0 amide bonds. The lowest BCUT2D eigenvalue weighted by molar-refractivity contribution is 0.430. The van der Waals surface area contributed by atoms with E-state index in [0.717, 1.165) is 31.2 Å². The minimum atomic E-state index is -3.30. The lowest BCUT2D eigenvalue weighted by Gasteiger charge is -2.17. The third kappa shape index (κ3) is 4.34. The average Bonchev–Trinajstić information content (AvgIpc) is 2.67. The summed E-state index contributed by atoms with van der Waals surface area (Å²) in [5.74, 6) is 0. The molecule has 0 aromatic heterocycles. The summed E-state index contributed by atoms with van der Waals surface area (Å²) in [6.45, 7) is 1.26. The van der Waals surface area contributed by atoms with Gasteiger partial charge in [0.25, 0.3) is 0 Å². The number of sulfonamides is 1. The highest BCUT2D eigenvalue weighted by Gasteiger charge is 2.19. The van der Waals surface area contributed by atoms with Crippen LogP contribution in [0.3, 0.4) is 0 Å². The van der Waals surface area contributed by atoms with E-state index in [4.69, 9.17) is 11.6 Å². The van der Waals surface area contributed by atoms with Gasteiger partial charge in [0.15, 0.2) is 0 Å². The molecule has 1 saturated heterocycles. The summed E-state index contributed by atoms with van der Waals surface area (Å²) in [6, 6.07) is 7.10. The van der Waals surface area contributed by atoms with Gasteiger partial charge in [0.05, 0.1) is 0 Å². The van der Waals surface area contributed by atoms with E-state index in [2.05, 4.69) is 0 Å². The summed E-state index contributed by atoms with van der Waals surface area (Å²) >= 11 is 5.79. The first-order valence-corrected chi connectivity index (χ1v) is 8.40.